The minimum absolute atomic E-state index is 0.0822. The summed E-state index contributed by atoms with van der Waals surface area (Å²) in [5.41, 5.74) is 0.365. The van der Waals surface area contributed by atoms with Gasteiger partial charge in [-0.1, -0.05) is 47.5 Å². The predicted octanol–water partition coefficient (Wildman–Crippen LogP) is 5.42. The summed E-state index contributed by atoms with van der Waals surface area (Å²) in [6, 6.07) is 13.8. The lowest BCUT2D eigenvalue weighted by Gasteiger charge is -2.39. The number of nitrogens with zero attached hydrogens (tertiary/aromatic N) is 5. The summed E-state index contributed by atoms with van der Waals surface area (Å²) in [5, 5.41) is 2.84. The number of hydrogen-bond acceptors (Lipinski definition) is 5. The van der Waals surface area contributed by atoms with Gasteiger partial charge in [0.25, 0.3) is 0 Å². The van der Waals surface area contributed by atoms with Crippen LogP contribution in [0.15, 0.2) is 59.6 Å². The second-order valence-electron chi connectivity index (χ2n) is 8.89. The molecule has 1 aromatic heterocycles. The van der Waals surface area contributed by atoms with Gasteiger partial charge < -0.3 is 4.90 Å². The number of aliphatic imine (C=N–C) groups is 1. The van der Waals surface area contributed by atoms with Crippen LogP contribution in [0.5, 0.6) is 0 Å². The molecule has 2 unspecified atom stereocenters. The Hall–Kier alpha value is -2.60. The Morgan fingerprint density at radius 3 is 2.24 bits per heavy atom. The first-order valence-electron chi connectivity index (χ1n) is 11.4. The normalized spacial score (nSPS) is 21.0. The molecule has 1 fully saturated rings. The summed E-state index contributed by atoms with van der Waals surface area (Å²) >= 11 is 12.3. The van der Waals surface area contributed by atoms with Gasteiger partial charge in [-0.15, -0.1) is 0 Å². The van der Waals surface area contributed by atoms with Gasteiger partial charge in [0, 0.05) is 43.6 Å². The number of rotatable bonds is 4. The fourth-order valence-electron chi connectivity index (χ4n) is 4.80. The zero-order valence-electron chi connectivity index (χ0n) is 19.5. The highest BCUT2D eigenvalue weighted by Crippen LogP contribution is 2.41. The Kier molecular flexibility index (Phi) is 6.76. The molecule has 0 N–H and O–H groups in total. The monoisotopic (exact) mass is 571 g/mol. The van der Waals surface area contributed by atoms with Crippen molar-refractivity contribution < 1.29 is 21.6 Å². The van der Waals surface area contributed by atoms with Crippen LogP contribution in [0.2, 0.25) is 10.0 Å². The fraction of sp³-hybridized carbons (Fsp3) is 0.333. The molecule has 5 rings (SSSR count). The van der Waals surface area contributed by atoms with Gasteiger partial charge in [-0.05, 0) is 36.8 Å². The molecule has 0 radical (unpaired) electrons. The number of sulfonamides is 1. The Balaban J connectivity index is 1.54. The van der Waals surface area contributed by atoms with Crippen LogP contribution in [0.3, 0.4) is 0 Å². The lowest BCUT2D eigenvalue weighted by Crippen LogP contribution is -2.54. The predicted molar refractivity (Wildman–Crippen MR) is 138 cm³/mol. The highest BCUT2D eigenvalue weighted by molar-refractivity contribution is 7.90. The van der Waals surface area contributed by atoms with E-state index in [9.17, 15) is 21.6 Å². The molecule has 0 bridgehead atoms. The lowest BCUT2D eigenvalue weighted by atomic mass is 9.99. The molecular formula is C24H22Cl2F3N5O2S. The van der Waals surface area contributed by atoms with E-state index in [0.717, 1.165) is 16.4 Å². The minimum atomic E-state index is -4.72. The maximum absolute atomic E-state index is 14.0. The number of para-hydroxylation sites is 1. The van der Waals surface area contributed by atoms with Crippen LogP contribution < -0.4 is 4.90 Å². The average Bonchev–Trinajstić information content (AvgIpc) is 3.30. The molecule has 0 spiro atoms. The first kappa shape index (κ1) is 26.0. The van der Waals surface area contributed by atoms with Crippen molar-refractivity contribution in [3.63, 3.8) is 0 Å². The van der Waals surface area contributed by atoms with Gasteiger partial charge in [0.15, 0.2) is 11.5 Å². The largest absolute Gasteiger partial charge is 0.435 e. The van der Waals surface area contributed by atoms with Gasteiger partial charge in [0.05, 0.1) is 10.0 Å². The maximum atomic E-state index is 14.0. The smallest absolute Gasteiger partial charge is 0.369 e. The zero-order chi connectivity index (χ0) is 26.5. The van der Waals surface area contributed by atoms with Crippen molar-refractivity contribution >= 4 is 50.4 Å². The van der Waals surface area contributed by atoms with E-state index in [-0.39, 0.29) is 34.7 Å². The molecule has 0 saturated carbocycles. The summed E-state index contributed by atoms with van der Waals surface area (Å²) in [7, 11) is -4.07. The maximum Gasteiger partial charge on any atom is 0.435 e. The third-order valence-electron chi connectivity index (χ3n) is 6.59. The molecule has 0 aliphatic carbocycles. The molecule has 2 aromatic carbocycles. The second-order valence-corrected chi connectivity index (χ2v) is 11.8. The molecule has 37 heavy (non-hydrogen) atoms. The molecule has 1 saturated heterocycles. The van der Waals surface area contributed by atoms with E-state index in [2.05, 4.69) is 15.0 Å². The number of alkyl halides is 3. The number of halogens is 5. The van der Waals surface area contributed by atoms with Gasteiger partial charge in [0.1, 0.15) is 11.3 Å². The molecule has 13 heteroatoms. The second kappa shape index (κ2) is 9.61. The Morgan fingerprint density at radius 1 is 0.946 bits per heavy atom. The number of fused-ring (bicyclic) bond motifs is 1. The van der Waals surface area contributed by atoms with Crippen LogP contribution in [0.1, 0.15) is 24.2 Å². The van der Waals surface area contributed by atoms with E-state index >= 15 is 0 Å². The first-order valence-corrected chi connectivity index (χ1v) is 13.7. The first-order chi connectivity index (χ1) is 17.5. The van der Waals surface area contributed by atoms with Crippen LogP contribution in [0.4, 0.5) is 24.7 Å². The Morgan fingerprint density at radius 2 is 1.62 bits per heavy atom. The van der Waals surface area contributed by atoms with Crippen molar-refractivity contribution in [2.45, 2.75) is 24.4 Å². The van der Waals surface area contributed by atoms with E-state index in [4.69, 9.17) is 23.2 Å². The highest BCUT2D eigenvalue weighted by atomic mass is 35.5. The van der Waals surface area contributed by atoms with Crippen molar-refractivity contribution in [1.82, 2.24) is 14.1 Å². The highest BCUT2D eigenvalue weighted by Gasteiger charge is 2.47. The van der Waals surface area contributed by atoms with Crippen LogP contribution in [-0.4, -0.2) is 59.6 Å². The molecule has 2 atom stereocenters. The number of aromatic nitrogens is 2. The molecular weight excluding hydrogens is 550 g/mol. The van der Waals surface area contributed by atoms with Gasteiger partial charge in [0.2, 0.25) is 10.0 Å². The molecule has 3 heterocycles. The van der Waals surface area contributed by atoms with Crippen LogP contribution in [0, 0.1) is 0 Å². The van der Waals surface area contributed by atoms with Crippen molar-refractivity contribution in [3.8, 4) is 0 Å². The van der Waals surface area contributed by atoms with Crippen molar-refractivity contribution in [2.24, 2.45) is 4.99 Å². The summed E-state index contributed by atoms with van der Waals surface area (Å²) in [6.45, 7) is 2.88. The molecule has 196 valence electrons. The lowest BCUT2D eigenvalue weighted by molar-refractivity contribution is -0.141. The van der Waals surface area contributed by atoms with E-state index in [0.29, 0.717) is 18.7 Å². The van der Waals surface area contributed by atoms with Gasteiger partial charge in [-0.2, -0.15) is 22.6 Å². The summed E-state index contributed by atoms with van der Waals surface area (Å²) in [4.78, 5) is 6.33. The summed E-state index contributed by atoms with van der Waals surface area (Å²) < 4.78 is 71.1. The SMILES string of the molecule is CC1=Nc2cc(C(F)(F)F)nn2C(c2ccc(Cl)c(Cl)c2)C1S(=O)(=O)N1CCN(c2ccccc2)CC1. The molecule has 3 aromatic rings. The summed E-state index contributed by atoms with van der Waals surface area (Å²) in [5.74, 6) is -0.0822. The fourth-order valence-corrected chi connectivity index (χ4v) is 7.19. The average molecular weight is 572 g/mol. The number of hydrogen-bond donors (Lipinski definition) is 0. The quantitative estimate of drug-likeness (QED) is 0.419. The van der Waals surface area contributed by atoms with E-state index in [1.807, 2.05) is 30.3 Å². The summed E-state index contributed by atoms with van der Waals surface area (Å²) in [6.07, 6.45) is -4.72. The van der Waals surface area contributed by atoms with E-state index in [1.165, 1.54) is 23.4 Å². The van der Waals surface area contributed by atoms with Crippen molar-refractivity contribution in [2.75, 3.05) is 31.1 Å². The van der Waals surface area contributed by atoms with E-state index < -0.39 is 33.2 Å². The molecule has 2 aliphatic heterocycles. The van der Waals surface area contributed by atoms with Gasteiger partial charge in [-0.25, -0.2) is 18.1 Å². The molecule has 2 aliphatic rings. The minimum Gasteiger partial charge on any atom is -0.369 e. The number of benzene rings is 2. The standard InChI is InChI=1S/C24H22Cl2F3N5O2S/c1-15-23(37(35,36)33-11-9-32(10-12-33)17-5-3-2-4-6-17)22(16-7-8-18(25)19(26)13-16)34-21(30-15)14-20(31-34)24(27,28)29/h2-8,13-14,22-23H,9-12H2,1H3. The van der Waals surface area contributed by atoms with Gasteiger partial charge >= 0.3 is 6.18 Å². The van der Waals surface area contributed by atoms with Crippen LogP contribution in [-0.2, 0) is 16.2 Å². The molecule has 7 nitrogen and oxygen atoms in total. The van der Waals surface area contributed by atoms with Crippen molar-refractivity contribution in [3.05, 3.63) is 75.9 Å². The van der Waals surface area contributed by atoms with E-state index in [1.54, 1.807) is 6.07 Å². The Labute approximate surface area is 222 Å². The van der Waals surface area contributed by atoms with Crippen LogP contribution in [0.25, 0.3) is 0 Å². The third kappa shape index (κ3) is 4.85. The van der Waals surface area contributed by atoms with Crippen LogP contribution >= 0.6 is 23.2 Å². The zero-order valence-corrected chi connectivity index (χ0v) is 21.9. The Bertz CT molecular complexity index is 1450. The topological polar surface area (TPSA) is 70.8 Å². The number of piperazine rings is 1. The third-order valence-corrected chi connectivity index (χ3v) is 9.65. The van der Waals surface area contributed by atoms with Crippen molar-refractivity contribution in [1.29, 1.82) is 0 Å². The van der Waals surface area contributed by atoms with Gasteiger partial charge in [-0.3, -0.25) is 0 Å². The number of anilines is 1. The molecule has 0 amide bonds.